The third-order valence-electron chi connectivity index (χ3n) is 6.32. The molecular formula is C26H28FN5O5. The highest BCUT2D eigenvalue weighted by Crippen LogP contribution is 2.13. The zero-order valence-corrected chi connectivity index (χ0v) is 20.9. The molecule has 194 valence electrons. The second-order valence-electron chi connectivity index (χ2n) is 8.81. The Hall–Kier alpha value is -4.28. The molecule has 37 heavy (non-hydrogen) atoms. The number of carbonyl (C=O) groups is 2. The summed E-state index contributed by atoms with van der Waals surface area (Å²) >= 11 is 0. The Balaban J connectivity index is 1.75. The maximum atomic E-state index is 13.8. The van der Waals surface area contributed by atoms with E-state index in [0.29, 0.717) is 11.3 Å². The van der Waals surface area contributed by atoms with Crippen molar-refractivity contribution in [3.63, 3.8) is 0 Å². The van der Waals surface area contributed by atoms with Gasteiger partial charge >= 0.3 is 11.8 Å². The fourth-order valence-corrected chi connectivity index (χ4v) is 4.09. The molecule has 4 rings (SSSR count). The summed E-state index contributed by atoms with van der Waals surface area (Å²) in [7, 11) is 0. The van der Waals surface area contributed by atoms with Crippen molar-refractivity contribution in [2.75, 3.05) is 32.8 Å². The third kappa shape index (κ3) is 5.45. The summed E-state index contributed by atoms with van der Waals surface area (Å²) in [6.07, 6.45) is -0.464. The molecular weight excluding hydrogens is 481 g/mol. The number of hydrogen-bond donors (Lipinski definition) is 0. The van der Waals surface area contributed by atoms with Crippen LogP contribution in [-0.4, -0.2) is 68.9 Å². The van der Waals surface area contributed by atoms with E-state index in [1.807, 2.05) is 19.9 Å². The molecule has 3 aromatic rings. The Morgan fingerprint density at radius 1 is 0.973 bits per heavy atom. The molecule has 0 atom stereocenters. The summed E-state index contributed by atoms with van der Waals surface area (Å²) in [5, 5.41) is 4.19. The third-order valence-corrected chi connectivity index (χ3v) is 6.32. The van der Waals surface area contributed by atoms with Crippen molar-refractivity contribution in [1.29, 1.82) is 0 Å². The number of hydrogen-bond acceptors (Lipinski definition) is 6. The number of benzene rings is 2. The van der Waals surface area contributed by atoms with E-state index < -0.39 is 34.8 Å². The van der Waals surface area contributed by atoms with E-state index in [2.05, 4.69) is 5.10 Å². The lowest BCUT2D eigenvalue weighted by Crippen LogP contribution is -2.53. The van der Waals surface area contributed by atoms with Gasteiger partial charge < -0.3 is 14.5 Å². The van der Waals surface area contributed by atoms with Gasteiger partial charge in [0.15, 0.2) is 0 Å². The first-order valence-corrected chi connectivity index (χ1v) is 12.0. The lowest BCUT2D eigenvalue weighted by molar-refractivity contribution is 0.0561. The van der Waals surface area contributed by atoms with Crippen LogP contribution in [0.5, 0.6) is 0 Å². The highest BCUT2D eigenvalue weighted by Gasteiger charge is 2.29. The van der Waals surface area contributed by atoms with Crippen LogP contribution >= 0.6 is 0 Å². The Bertz CT molecular complexity index is 1460. The number of amides is 2. The molecule has 0 N–H and O–H groups in total. The molecule has 0 radical (unpaired) electrons. The lowest BCUT2D eigenvalue weighted by atomic mass is 10.1. The first-order chi connectivity index (χ1) is 17.7. The van der Waals surface area contributed by atoms with Crippen molar-refractivity contribution in [3.8, 4) is 5.69 Å². The predicted molar refractivity (Wildman–Crippen MR) is 134 cm³/mol. The Labute approximate surface area is 212 Å². The summed E-state index contributed by atoms with van der Waals surface area (Å²) in [4.78, 5) is 55.1. The molecule has 0 saturated carbocycles. The second kappa shape index (κ2) is 10.8. The SMILES string of the molecule is CCOC(=O)N1CCN(C(=O)c2nn(-c3ccc(C)c(C)c3)c(=O)n(Cc3cccc(F)c3)c2=O)CC1. The molecule has 1 aromatic heterocycles. The summed E-state index contributed by atoms with van der Waals surface area (Å²) in [6.45, 7) is 6.33. The molecule has 0 spiro atoms. The average molecular weight is 510 g/mol. The van der Waals surface area contributed by atoms with Crippen molar-refractivity contribution < 1.29 is 18.7 Å². The van der Waals surface area contributed by atoms with Crippen molar-refractivity contribution in [2.24, 2.45) is 0 Å². The van der Waals surface area contributed by atoms with E-state index in [4.69, 9.17) is 4.74 Å². The number of piperazine rings is 1. The quantitative estimate of drug-likeness (QED) is 0.522. The summed E-state index contributed by atoms with van der Waals surface area (Å²) in [5.74, 6) is -1.16. The molecule has 0 bridgehead atoms. The minimum atomic E-state index is -0.868. The second-order valence-corrected chi connectivity index (χ2v) is 8.81. The zero-order valence-electron chi connectivity index (χ0n) is 20.9. The lowest BCUT2D eigenvalue weighted by Gasteiger charge is -2.33. The average Bonchev–Trinajstić information content (AvgIpc) is 2.88. The van der Waals surface area contributed by atoms with Crippen LogP contribution in [0.3, 0.4) is 0 Å². The van der Waals surface area contributed by atoms with E-state index in [1.165, 1.54) is 28.0 Å². The summed E-state index contributed by atoms with van der Waals surface area (Å²) in [5.41, 5.74) is 0.630. The topological polar surface area (TPSA) is 107 Å². The molecule has 0 unspecified atom stereocenters. The first kappa shape index (κ1) is 25.8. The van der Waals surface area contributed by atoms with E-state index >= 15 is 0 Å². The number of ether oxygens (including phenoxy) is 1. The van der Waals surface area contributed by atoms with Gasteiger partial charge in [-0.2, -0.15) is 9.78 Å². The van der Waals surface area contributed by atoms with Gasteiger partial charge in [0.2, 0.25) is 5.69 Å². The van der Waals surface area contributed by atoms with Gasteiger partial charge in [0, 0.05) is 26.2 Å². The van der Waals surface area contributed by atoms with Crippen LogP contribution in [0.4, 0.5) is 9.18 Å². The Morgan fingerprint density at radius 3 is 2.32 bits per heavy atom. The van der Waals surface area contributed by atoms with Crippen molar-refractivity contribution in [1.82, 2.24) is 24.1 Å². The van der Waals surface area contributed by atoms with Crippen LogP contribution in [0, 0.1) is 19.7 Å². The Kier molecular flexibility index (Phi) is 7.51. The number of nitrogens with zero attached hydrogens (tertiary/aromatic N) is 5. The fourth-order valence-electron chi connectivity index (χ4n) is 4.09. The van der Waals surface area contributed by atoms with Crippen LogP contribution in [0.25, 0.3) is 5.69 Å². The van der Waals surface area contributed by atoms with E-state index in [-0.39, 0.29) is 39.3 Å². The van der Waals surface area contributed by atoms with Gasteiger partial charge in [-0.15, -0.1) is 0 Å². The maximum absolute atomic E-state index is 13.8. The zero-order chi connectivity index (χ0) is 26.7. The molecule has 1 aliphatic rings. The molecule has 11 heteroatoms. The summed E-state index contributed by atoms with van der Waals surface area (Å²) in [6, 6.07) is 10.8. The number of carbonyl (C=O) groups excluding carboxylic acids is 2. The number of rotatable bonds is 5. The first-order valence-electron chi connectivity index (χ1n) is 12.0. The van der Waals surface area contributed by atoms with E-state index in [9.17, 15) is 23.6 Å². The molecule has 2 heterocycles. The van der Waals surface area contributed by atoms with Crippen LogP contribution in [0.2, 0.25) is 0 Å². The van der Waals surface area contributed by atoms with Crippen molar-refractivity contribution in [2.45, 2.75) is 27.3 Å². The van der Waals surface area contributed by atoms with Crippen LogP contribution in [0.15, 0.2) is 52.1 Å². The van der Waals surface area contributed by atoms with E-state index in [1.54, 1.807) is 25.1 Å². The summed E-state index contributed by atoms with van der Waals surface area (Å²) < 4.78 is 20.7. The molecule has 10 nitrogen and oxygen atoms in total. The molecule has 1 saturated heterocycles. The minimum Gasteiger partial charge on any atom is -0.450 e. The number of aromatic nitrogens is 3. The van der Waals surface area contributed by atoms with Gasteiger partial charge in [0.25, 0.3) is 11.5 Å². The predicted octanol–water partition coefficient (Wildman–Crippen LogP) is 2.11. The minimum absolute atomic E-state index is 0.172. The molecule has 2 aromatic carbocycles. The van der Waals surface area contributed by atoms with Crippen LogP contribution in [0.1, 0.15) is 34.1 Å². The van der Waals surface area contributed by atoms with Gasteiger partial charge in [0.05, 0.1) is 18.8 Å². The van der Waals surface area contributed by atoms with Gasteiger partial charge in [-0.25, -0.2) is 14.0 Å². The van der Waals surface area contributed by atoms with Crippen molar-refractivity contribution in [3.05, 3.63) is 91.5 Å². The standard InChI is InChI=1S/C26H28FN5O5/c1-4-37-26(36)30-12-10-29(11-13-30)23(33)22-24(34)31(16-19-6-5-7-20(27)15-19)25(35)32(28-22)21-9-8-17(2)18(3)14-21/h5-9,14-15H,4,10-13,16H2,1-3H3. The monoisotopic (exact) mass is 509 g/mol. The molecule has 1 aliphatic heterocycles. The molecule has 1 fully saturated rings. The largest absolute Gasteiger partial charge is 0.450 e. The molecule has 2 amide bonds. The van der Waals surface area contributed by atoms with Crippen LogP contribution < -0.4 is 11.2 Å². The number of halogens is 1. The highest BCUT2D eigenvalue weighted by molar-refractivity contribution is 5.92. The van der Waals surface area contributed by atoms with Gasteiger partial charge in [-0.1, -0.05) is 18.2 Å². The fraction of sp³-hybridized carbons (Fsp3) is 0.346. The van der Waals surface area contributed by atoms with Gasteiger partial charge in [-0.3, -0.25) is 14.2 Å². The van der Waals surface area contributed by atoms with E-state index in [0.717, 1.165) is 20.4 Å². The van der Waals surface area contributed by atoms with Gasteiger partial charge in [-0.05, 0) is 61.7 Å². The van der Waals surface area contributed by atoms with Crippen LogP contribution in [-0.2, 0) is 11.3 Å². The maximum Gasteiger partial charge on any atom is 0.409 e. The Morgan fingerprint density at radius 2 is 1.68 bits per heavy atom. The normalized spacial score (nSPS) is 13.5. The smallest absolute Gasteiger partial charge is 0.409 e. The molecule has 0 aliphatic carbocycles. The number of aryl methyl sites for hydroxylation is 2. The highest BCUT2D eigenvalue weighted by atomic mass is 19.1. The van der Waals surface area contributed by atoms with Crippen molar-refractivity contribution >= 4 is 12.0 Å². The van der Waals surface area contributed by atoms with Gasteiger partial charge in [0.1, 0.15) is 5.82 Å².